The van der Waals surface area contributed by atoms with E-state index in [2.05, 4.69) is 54.0 Å². The number of nitrogens with zero attached hydrogens (tertiary/aromatic N) is 3. The summed E-state index contributed by atoms with van der Waals surface area (Å²) in [6.45, 7) is 11.7. The molecule has 0 saturated carbocycles. The fourth-order valence-corrected chi connectivity index (χ4v) is 3.14. The molecule has 1 fully saturated rings. The molecule has 1 aromatic rings. The second-order valence-corrected chi connectivity index (χ2v) is 6.42. The van der Waals surface area contributed by atoms with Gasteiger partial charge < -0.3 is 4.90 Å². The van der Waals surface area contributed by atoms with E-state index in [0.717, 1.165) is 58.7 Å². The third-order valence-electron chi connectivity index (χ3n) is 4.41. The van der Waals surface area contributed by atoms with Crippen LogP contribution in [0.4, 0.5) is 0 Å². The number of amides is 1. The van der Waals surface area contributed by atoms with Crippen molar-refractivity contribution in [1.29, 1.82) is 0 Å². The van der Waals surface area contributed by atoms with E-state index in [4.69, 9.17) is 0 Å². The van der Waals surface area contributed by atoms with Gasteiger partial charge in [0.2, 0.25) is 5.91 Å². The van der Waals surface area contributed by atoms with E-state index < -0.39 is 0 Å². The minimum Gasteiger partial charge on any atom is -0.342 e. The summed E-state index contributed by atoms with van der Waals surface area (Å²) in [5, 5.41) is 0. The minimum absolute atomic E-state index is 0.296. The molecule has 23 heavy (non-hydrogen) atoms. The first-order valence-electron chi connectivity index (χ1n) is 8.99. The Hall–Kier alpha value is -1.39. The standard InChI is InChI=1S/C19H31N3O/c1-3-10-22(11-4-2)19(23)17-21-14-12-20(13-15-21)16-18-8-6-5-7-9-18/h5-9H,3-4,10-17H2,1-2H3. The molecule has 0 spiro atoms. The van der Waals surface area contributed by atoms with Crippen LogP contribution in [0.2, 0.25) is 0 Å². The molecular weight excluding hydrogens is 286 g/mol. The maximum Gasteiger partial charge on any atom is 0.236 e. The lowest BCUT2D eigenvalue weighted by Gasteiger charge is -2.35. The van der Waals surface area contributed by atoms with Crippen LogP contribution in [-0.4, -0.2) is 66.4 Å². The van der Waals surface area contributed by atoms with Crippen LogP contribution < -0.4 is 0 Å². The Bertz CT molecular complexity index is 449. The summed E-state index contributed by atoms with van der Waals surface area (Å²) >= 11 is 0. The van der Waals surface area contributed by atoms with Gasteiger partial charge in [-0.15, -0.1) is 0 Å². The molecule has 0 unspecified atom stereocenters. The highest BCUT2D eigenvalue weighted by Gasteiger charge is 2.21. The number of benzene rings is 1. The topological polar surface area (TPSA) is 26.8 Å². The van der Waals surface area contributed by atoms with Gasteiger partial charge >= 0.3 is 0 Å². The Morgan fingerprint density at radius 1 is 0.957 bits per heavy atom. The Morgan fingerprint density at radius 3 is 2.09 bits per heavy atom. The molecule has 0 aliphatic carbocycles. The van der Waals surface area contributed by atoms with Crippen LogP contribution in [0.25, 0.3) is 0 Å². The highest BCUT2D eigenvalue weighted by atomic mass is 16.2. The summed E-state index contributed by atoms with van der Waals surface area (Å²) in [6.07, 6.45) is 2.08. The molecule has 1 heterocycles. The zero-order valence-electron chi connectivity index (χ0n) is 14.7. The van der Waals surface area contributed by atoms with Crippen molar-refractivity contribution in [3.8, 4) is 0 Å². The van der Waals surface area contributed by atoms with Gasteiger partial charge in [-0.3, -0.25) is 14.6 Å². The lowest BCUT2D eigenvalue weighted by Crippen LogP contribution is -2.49. The predicted molar refractivity (Wildman–Crippen MR) is 95.3 cm³/mol. The van der Waals surface area contributed by atoms with Gasteiger partial charge in [0.1, 0.15) is 0 Å². The minimum atomic E-state index is 0.296. The van der Waals surface area contributed by atoms with Crippen molar-refractivity contribution in [3.05, 3.63) is 35.9 Å². The van der Waals surface area contributed by atoms with Gasteiger partial charge in [-0.2, -0.15) is 0 Å². The van der Waals surface area contributed by atoms with Crippen molar-refractivity contribution < 1.29 is 4.79 Å². The molecule has 1 aliphatic heterocycles. The molecule has 0 atom stereocenters. The van der Waals surface area contributed by atoms with Crippen molar-refractivity contribution in [2.45, 2.75) is 33.2 Å². The first-order valence-corrected chi connectivity index (χ1v) is 8.99. The van der Waals surface area contributed by atoms with Crippen LogP contribution in [-0.2, 0) is 11.3 Å². The molecule has 0 radical (unpaired) electrons. The number of rotatable bonds is 8. The first-order chi connectivity index (χ1) is 11.2. The predicted octanol–water partition coefficient (Wildman–Crippen LogP) is 2.45. The monoisotopic (exact) mass is 317 g/mol. The van der Waals surface area contributed by atoms with Gasteiger partial charge in [-0.05, 0) is 18.4 Å². The molecule has 0 aromatic heterocycles. The van der Waals surface area contributed by atoms with Crippen LogP contribution in [0.1, 0.15) is 32.3 Å². The molecule has 128 valence electrons. The molecule has 4 nitrogen and oxygen atoms in total. The molecule has 1 aliphatic rings. The van der Waals surface area contributed by atoms with Crippen LogP contribution in [0.5, 0.6) is 0 Å². The SMILES string of the molecule is CCCN(CCC)C(=O)CN1CCN(Cc2ccccc2)CC1. The summed E-state index contributed by atoms with van der Waals surface area (Å²) in [7, 11) is 0. The molecule has 1 aromatic carbocycles. The average molecular weight is 317 g/mol. The van der Waals surface area contributed by atoms with E-state index in [0.29, 0.717) is 12.5 Å². The van der Waals surface area contributed by atoms with Gasteiger partial charge in [0, 0.05) is 45.8 Å². The number of hydrogen-bond acceptors (Lipinski definition) is 3. The van der Waals surface area contributed by atoms with Gasteiger partial charge in [0.15, 0.2) is 0 Å². The lowest BCUT2D eigenvalue weighted by molar-refractivity contribution is -0.133. The van der Waals surface area contributed by atoms with Crippen molar-refractivity contribution in [2.24, 2.45) is 0 Å². The molecule has 2 rings (SSSR count). The zero-order chi connectivity index (χ0) is 16.5. The second-order valence-electron chi connectivity index (χ2n) is 6.42. The van der Waals surface area contributed by atoms with Crippen LogP contribution in [0, 0.1) is 0 Å². The third kappa shape index (κ3) is 5.96. The molecule has 0 bridgehead atoms. The van der Waals surface area contributed by atoms with Crippen LogP contribution in [0.3, 0.4) is 0 Å². The summed E-state index contributed by atoms with van der Waals surface area (Å²) < 4.78 is 0. The first kappa shape index (κ1) is 18.0. The third-order valence-corrected chi connectivity index (χ3v) is 4.41. The quantitative estimate of drug-likeness (QED) is 0.737. The molecule has 1 amide bonds. The fourth-order valence-electron chi connectivity index (χ4n) is 3.14. The smallest absolute Gasteiger partial charge is 0.236 e. The van der Waals surface area contributed by atoms with Crippen molar-refractivity contribution in [1.82, 2.24) is 14.7 Å². The zero-order valence-corrected chi connectivity index (χ0v) is 14.7. The second kappa shape index (κ2) is 9.68. The Labute approximate surface area is 141 Å². The van der Waals surface area contributed by atoms with Crippen LogP contribution >= 0.6 is 0 Å². The Morgan fingerprint density at radius 2 is 1.52 bits per heavy atom. The highest BCUT2D eigenvalue weighted by Crippen LogP contribution is 2.09. The number of piperazine rings is 1. The van der Waals surface area contributed by atoms with Crippen molar-refractivity contribution in [2.75, 3.05) is 45.8 Å². The van der Waals surface area contributed by atoms with E-state index in [1.165, 1.54) is 5.56 Å². The maximum absolute atomic E-state index is 12.4. The summed E-state index contributed by atoms with van der Waals surface area (Å²) in [5.41, 5.74) is 1.37. The van der Waals surface area contributed by atoms with Crippen molar-refractivity contribution >= 4 is 5.91 Å². The number of carbonyl (C=O) groups is 1. The van der Waals surface area contributed by atoms with E-state index >= 15 is 0 Å². The fraction of sp³-hybridized carbons (Fsp3) is 0.632. The highest BCUT2D eigenvalue weighted by molar-refractivity contribution is 5.78. The van der Waals surface area contributed by atoms with E-state index in [9.17, 15) is 4.79 Å². The molecule has 1 saturated heterocycles. The number of carbonyl (C=O) groups excluding carboxylic acids is 1. The maximum atomic E-state index is 12.4. The summed E-state index contributed by atoms with van der Waals surface area (Å²) in [4.78, 5) is 19.2. The summed E-state index contributed by atoms with van der Waals surface area (Å²) in [5.74, 6) is 0.296. The van der Waals surface area contributed by atoms with Crippen LogP contribution in [0.15, 0.2) is 30.3 Å². The molecular formula is C19H31N3O. The normalized spacial score (nSPS) is 16.4. The van der Waals surface area contributed by atoms with Gasteiger partial charge in [0.25, 0.3) is 0 Å². The van der Waals surface area contributed by atoms with Crippen molar-refractivity contribution in [3.63, 3.8) is 0 Å². The van der Waals surface area contributed by atoms with Gasteiger partial charge in [-0.1, -0.05) is 44.2 Å². The van der Waals surface area contributed by atoms with E-state index in [-0.39, 0.29) is 0 Å². The lowest BCUT2D eigenvalue weighted by atomic mass is 10.2. The Balaban J connectivity index is 1.74. The number of hydrogen-bond donors (Lipinski definition) is 0. The van der Waals surface area contributed by atoms with E-state index in [1.54, 1.807) is 0 Å². The summed E-state index contributed by atoms with van der Waals surface area (Å²) in [6, 6.07) is 10.6. The van der Waals surface area contributed by atoms with E-state index in [1.807, 2.05) is 4.90 Å². The average Bonchev–Trinajstić information content (AvgIpc) is 2.57. The largest absolute Gasteiger partial charge is 0.342 e. The van der Waals surface area contributed by atoms with Gasteiger partial charge in [-0.25, -0.2) is 0 Å². The molecule has 0 N–H and O–H groups in total. The Kier molecular flexibility index (Phi) is 7.56. The van der Waals surface area contributed by atoms with Gasteiger partial charge in [0.05, 0.1) is 6.54 Å². The molecule has 4 heteroatoms.